The summed E-state index contributed by atoms with van der Waals surface area (Å²) in [6, 6.07) is 10.1. The van der Waals surface area contributed by atoms with Gasteiger partial charge in [0.1, 0.15) is 0 Å². The van der Waals surface area contributed by atoms with Gasteiger partial charge in [-0.05, 0) is 17.7 Å². The van der Waals surface area contributed by atoms with E-state index >= 15 is 0 Å². The number of nitrogens with zero attached hydrogens (tertiary/aromatic N) is 2. The van der Waals surface area contributed by atoms with Gasteiger partial charge in [-0.25, -0.2) is 0 Å². The first kappa shape index (κ1) is 8.17. The fourth-order valence-electron chi connectivity index (χ4n) is 1.74. The third-order valence-electron chi connectivity index (χ3n) is 2.46. The van der Waals surface area contributed by atoms with Gasteiger partial charge in [-0.3, -0.25) is 10.1 Å². The standard InChI is InChI=1S/C12H9N3/c1-4-10(9-3-2-6-13-7-9)11-8-14-15-12(11)5-1/h1-8H,(H,14,15). The van der Waals surface area contributed by atoms with Crippen LogP contribution in [0.4, 0.5) is 0 Å². The van der Waals surface area contributed by atoms with Crippen molar-refractivity contribution in [3.05, 3.63) is 48.9 Å². The zero-order valence-electron chi connectivity index (χ0n) is 8.01. The van der Waals surface area contributed by atoms with Crippen molar-refractivity contribution in [2.24, 2.45) is 0 Å². The summed E-state index contributed by atoms with van der Waals surface area (Å²) in [6.45, 7) is 0. The smallest absolute Gasteiger partial charge is 0.0656 e. The first-order chi connectivity index (χ1) is 7.45. The number of benzene rings is 1. The van der Waals surface area contributed by atoms with E-state index in [1.54, 1.807) is 6.20 Å². The van der Waals surface area contributed by atoms with Gasteiger partial charge < -0.3 is 0 Å². The highest BCUT2D eigenvalue weighted by molar-refractivity contribution is 5.93. The maximum absolute atomic E-state index is 4.12. The van der Waals surface area contributed by atoms with Crippen LogP contribution in [0, 0.1) is 0 Å². The molecule has 0 amide bonds. The number of nitrogens with one attached hydrogen (secondary N) is 1. The Kier molecular flexibility index (Phi) is 1.75. The molecule has 0 aliphatic heterocycles. The molecule has 0 radical (unpaired) electrons. The second-order valence-corrected chi connectivity index (χ2v) is 3.38. The topological polar surface area (TPSA) is 41.6 Å². The Morgan fingerprint density at radius 2 is 2.00 bits per heavy atom. The molecule has 0 spiro atoms. The molecule has 1 N–H and O–H groups in total. The molecule has 0 fully saturated rings. The van der Waals surface area contributed by atoms with Crippen molar-refractivity contribution in [1.82, 2.24) is 15.2 Å². The summed E-state index contributed by atoms with van der Waals surface area (Å²) in [5.41, 5.74) is 3.33. The molecule has 0 aliphatic rings. The predicted octanol–water partition coefficient (Wildman–Crippen LogP) is 2.62. The zero-order chi connectivity index (χ0) is 10.1. The highest BCUT2D eigenvalue weighted by Gasteiger charge is 2.03. The number of aromatic nitrogens is 3. The van der Waals surface area contributed by atoms with Crippen LogP contribution < -0.4 is 0 Å². The van der Waals surface area contributed by atoms with Crippen LogP contribution in [-0.2, 0) is 0 Å². The first-order valence-electron chi connectivity index (χ1n) is 4.77. The Hall–Kier alpha value is -2.16. The van der Waals surface area contributed by atoms with Gasteiger partial charge in [0.2, 0.25) is 0 Å². The number of H-pyrrole nitrogens is 1. The van der Waals surface area contributed by atoms with Crippen LogP contribution in [-0.4, -0.2) is 15.2 Å². The number of hydrogen-bond acceptors (Lipinski definition) is 2. The van der Waals surface area contributed by atoms with Crippen LogP contribution >= 0.6 is 0 Å². The van der Waals surface area contributed by atoms with E-state index in [0.29, 0.717) is 0 Å². The molecule has 0 unspecified atom stereocenters. The van der Waals surface area contributed by atoms with Crippen molar-refractivity contribution in [3.63, 3.8) is 0 Å². The summed E-state index contributed by atoms with van der Waals surface area (Å²) in [5, 5.41) is 8.13. The summed E-state index contributed by atoms with van der Waals surface area (Å²) >= 11 is 0. The zero-order valence-corrected chi connectivity index (χ0v) is 8.01. The minimum absolute atomic E-state index is 1.05. The molecule has 72 valence electrons. The SMILES string of the molecule is c1cncc(-c2cccc3[nH]ncc23)c1. The summed E-state index contributed by atoms with van der Waals surface area (Å²) < 4.78 is 0. The van der Waals surface area contributed by atoms with Gasteiger partial charge in [-0.15, -0.1) is 0 Å². The van der Waals surface area contributed by atoms with Gasteiger partial charge in [0.15, 0.2) is 0 Å². The highest BCUT2D eigenvalue weighted by Crippen LogP contribution is 2.26. The summed E-state index contributed by atoms with van der Waals surface area (Å²) in [5.74, 6) is 0. The molecule has 3 aromatic rings. The number of fused-ring (bicyclic) bond motifs is 1. The van der Waals surface area contributed by atoms with E-state index in [1.165, 1.54) is 0 Å². The van der Waals surface area contributed by atoms with Gasteiger partial charge in [-0.2, -0.15) is 5.10 Å². The van der Waals surface area contributed by atoms with Crippen molar-refractivity contribution in [2.45, 2.75) is 0 Å². The molecule has 3 heteroatoms. The Balaban J connectivity index is 2.31. The number of aromatic amines is 1. The molecule has 2 heterocycles. The lowest BCUT2D eigenvalue weighted by Crippen LogP contribution is -1.79. The van der Waals surface area contributed by atoms with Crippen molar-refractivity contribution in [3.8, 4) is 11.1 Å². The van der Waals surface area contributed by atoms with Crippen LogP contribution in [0.15, 0.2) is 48.9 Å². The number of hydrogen-bond donors (Lipinski definition) is 1. The molecule has 2 aromatic heterocycles. The normalized spacial score (nSPS) is 10.7. The van der Waals surface area contributed by atoms with Crippen molar-refractivity contribution in [1.29, 1.82) is 0 Å². The third-order valence-corrected chi connectivity index (χ3v) is 2.46. The van der Waals surface area contributed by atoms with Crippen molar-refractivity contribution >= 4 is 10.9 Å². The average molecular weight is 195 g/mol. The molecule has 0 bridgehead atoms. The molecule has 0 saturated carbocycles. The monoisotopic (exact) mass is 195 g/mol. The number of rotatable bonds is 1. The second kappa shape index (κ2) is 3.20. The van der Waals surface area contributed by atoms with E-state index in [4.69, 9.17) is 0 Å². The fraction of sp³-hybridized carbons (Fsp3) is 0. The molecular formula is C12H9N3. The fourth-order valence-corrected chi connectivity index (χ4v) is 1.74. The van der Waals surface area contributed by atoms with Crippen LogP contribution in [0.5, 0.6) is 0 Å². The highest BCUT2D eigenvalue weighted by atomic mass is 15.1. The van der Waals surface area contributed by atoms with Crippen molar-refractivity contribution < 1.29 is 0 Å². The lowest BCUT2D eigenvalue weighted by Gasteiger charge is -2.01. The summed E-state index contributed by atoms with van der Waals surface area (Å²) in [6.07, 6.45) is 5.48. The Bertz CT molecular complexity index is 584. The third kappa shape index (κ3) is 1.29. The molecule has 0 atom stereocenters. The quantitative estimate of drug-likeness (QED) is 0.648. The van der Waals surface area contributed by atoms with Crippen LogP contribution in [0.1, 0.15) is 0 Å². The van der Waals surface area contributed by atoms with E-state index in [-0.39, 0.29) is 0 Å². The van der Waals surface area contributed by atoms with E-state index in [2.05, 4.69) is 27.3 Å². The van der Waals surface area contributed by atoms with E-state index in [1.807, 2.05) is 30.6 Å². The van der Waals surface area contributed by atoms with Crippen LogP contribution in [0.2, 0.25) is 0 Å². The lowest BCUT2D eigenvalue weighted by atomic mass is 10.0. The molecule has 15 heavy (non-hydrogen) atoms. The maximum Gasteiger partial charge on any atom is 0.0656 e. The Morgan fingerprint density at radius 3 is 2.87 bits per heavy atom. The average Bonchev–Trinajstić information content (AvgIpc) is 2.78. The van der Waals surface area contributed by atoms with E-state index < -0.39 is 0 Å². The number of pyridine rings is 1. The molecule has 0 aliphatic carbocycles. The van der Waals surface area contributed by atoms with E-state index in [9.17, 15) is 0 Å². The van der Waals surface area contributed by atoms with Crippen LogP contribution in [0.25, 0.3) is 22.0 Å². The maximum atomic E-state index is 4.12. The molecule has 3 rings (SSSR count). The Labute approximate surface area is 86.8 Å². The Morgan fingerprint density at radius 1 is 1.00 bits per heavy atom. The minimum atomic E-state index is 1.05. The van der Waals surface area contributed by atoms with Crippen molar-refractivity contribution in [2.75, 3.05) is 0 Å². The van der Waals surface area contributed by atoms with Gasteiger partial charge in [-0.1, -0.05) is 18.2 Å². The minimum Gasteiger partial charge on any atom is -0.278 e. The van der Waals surface area contributed by atoms with Gasteiger partial charge >= 0.3 is 0 Å². The molecule has 0 saturated heterocycles. The molecule has 3 nitrogen and oxygen atoms in total. The van der Waals surface area contributed by atoms with Crippen LogP contribution in [0.3, 0.4) is 0 Å². The molecule has 1 aromatic carbocycles. The van der Waals surface area contributed by atoms with Gasteiger partial charge in [0.25, 0.3) is 0 Å². The predicted molar refractivity (Wildman–Crippen MR) is 59.3 cm³/mol. The molecular weight excluding hydrogens is 186 g/mol. The second-order valence-electron chi connectivity index (χ2n) is 3.38. The van der Waals surface area contributed by atoms with E-state index in [0.717, 1.165) is 22.0 Å². The van der Waals surface area contributed by atoms with Gasteiger partial charge in [0, 0.05) is 23.3 Å². The first-order valence-corrected chi connectivity index (χ1v) is 4.77. The van der Waals surface area contributed by atoms with Gasteiger partial charge in [0.05, 0.1) is 11.7 Å². The summed E-state index contributed by atoms with van der Waals surface area (Å²) in [4.78, 5) is 4.12. The summed E-state index contributed by atoms with van der Waals surface area (Å²) in [7, 11) is 0. The lowest BCUT2D eigenvalue weighted by molar-refractivity contribution is 1.12. The largest absolute Gasteiger partial charge is 0.278 e.